The van der Waals surface area contributed by atoms with Crippen LogP contribution in [0, 0.1) is 13.8 Å². The van der Waals surface area contributed by atoms with Crippen molar-refractivity contribution in [2.45, 2.75) is 27.3 Å². The monoisotopic (exact) mass is 365 g/mol. The number of likely N-dealkylation sites (N-methyl/N-ethyl adjacent to an activating group) is 1. The highest BCUT2D eigenvalue weighted by Gasteiger charge is 2.15. The molecule has 0 bridgehead atoms. The minimum Gasteiger partial charge on any atom is -0.484 e. The van der Waals surface area contributed by atoms with Gasteiger partial charge in [-0.05, 0) is 56.2 Å². The highest BCUT2D eigenvalue weighted by Crippen LogP contribution is 2.16. The summed E-state index contributed by atoms with van der Waals surface area (Å²) in [6.07, 6.45) is 0. The first-order valence-electron chi connectivity index (χ1n) is 8.93. The molecule has 0 unspecified atom stereocenters. The third-order valence-corrected chi connectivity index (χ3v) is 4.29. The van der Waals surface area contributed by atoms with Crippen molar-refractivity contribution in [3.05, 3.63) is 69.8 Å². The van der Waals surface area contributed by atoms with Crippen molar-refractivity contribution in [2.24, 2.45) is 0 Å². The van der Waals surface area contributed by atoms with Crippen LogP contribution in [0.3, 0.4) is 0 Å². The van der Waals surface area contributed by atoms with E-state index in [1.165, 1.54) is 0 Å². The Kier molecular flexibility index (Phi) is 5.54. The zero-order valence-electron chi connectivity index (χ0n) is 15.8. The Hall–Kier alpha value is -3.15. The van der Waals surface area contributed by atoms with Crippen LogP contribution in [0.1, 0.15) is 23.9 Å². The zero-order chi connectivity index (χ0) is 19.4. The maximum Gasteiger partial charge on any atom is 0.260 e. The number of nitrogens with one attached hydrogen (secondary N) is 1. The second-order valence-electron chi connectivity index (χ2n) is 6.55. The topological polar surface area (TPSA) is 75.3 Å². The Bertz CT molecular complexity index is 1010. The number of amides is 1. The maximum absolute atomic E-state index is 12.6. The van der Waals surface area contributed by atoms with E-state index in [0.29, 0.717) is 29.0 Å². The molecule has 1 N–H and O–H groups in total. The largest absolute Gasteiger partial charge is 0.484 e. The first-order chi connectivity index (χ1) is 13.0. The molecular formula is C21H23N3O3. The van der Waals surface area contributed by atoms with E-state index in [0.717, 1.165) is 11.1 Å². The molecule has 27 heavy (non-hydrogen) atoms. The highest BCUT2D eigenvalue weighted by molar-refractivity contribution is 5.78. The molecule has 1 amide bonds. The van der Waals surface area contributed by atoms with Crippen molar-refractivity contribution < 1.29 is 9.53 Å². The van der Waals surface area contributed by atoms with Gasteiger partial charge in [0, 0.05) is 6.54 Å². The van der Waals surface area contributed by atoms with Crippen LogP contribution in [0.4, 0.5) is 0 Å². The van der Waals surface area contributed by atoms with E-state index in [1.54, 1.807) is 23.1 Å². The van der Waals surface area contributed by atoms with Gasteiger partial charge in [0.15, 0.2) is 6.61 Å². The number of fused-ring (bicyclic) bond motifs is 1. The molecule has 0 aliphatic carbocycles. The molecule has 140 valence electrons. The standard InChI is InChI=1S/C21H23N3O3/c1-4-24(20(25)13-27-16-10-14(2)9-15(3)11-16)12-19-22-18-8-6-5-7-17(18)21(26)23-19/h5-11H,4,12-13H2,1-3H3,(H,22,23,26). The van der Waals surface area contributed by atoms with Crippen molar-refractivity contribution in [2.75, 3.05) is 13.2 Å². The van der Waals surface area contributed by atoms with Gasteiger partial charge in [0.1, 0.15) is 11.6 Å². The molecule has 1 heterocycles. The number of carbonyl (C=O) groups is 1. The molecule has 3 aromatic rings. The Morgan fingerprint density at radius 3 is 2.56 bits per heavy atom. The van der Waals surface area contributed by atoms with E-state index < -0.39 is 0 Å². The summed E-state index contributed by atoms with van der Waals surface area (Å²) >= 11 is 0. The summed E-state index contributed by atoms with van der Waals surface area (Å²) in [4.78, 5) is 33.6. The predicted molar refractivity (Wildman–Crippen MR) is 105 cm³/mol. The number of nitrogens with zero attached hydrogens (tertiary/aromatic N) is 2. The van der Waals surface area contributed by atoms with Crippen LogP contribution in [0.5, 0.6) is 5.75 Å². The molecule has 0 saturated carbocycles. The van der Waals surface area contributed by atoms with Gasteiger partial charge in [-0.2, -0.15) is 0 Å². The molecule has 6 heteroatoms. The summed E-state index contributed by atoms with van der Waals surface area (Å²) in [7, 11) is 0. The molecule has 0 atom stereocenters. The van der Waals surface area contributed by atoms with Crippen molar-refractivity contribution in [3.63, 3.8) is 0 Å². The lowest BCUT2D eigenvalue weighted by molar-refractivity contribution is -0.133. The molecule has 2 aromatic carbocycles. The molecule has 0 saturated heterocycles. The average molecular weight is 365 g/mol. The van der Waals surface area contributed by atoms with Crippen LogP contribution < -0.4 is 10.3 Å². The minimum atomic E-state index is -0.203. The summed E-state index contributed by atoms with van der Waals surface area (Å²) in [5.74, 6) is 0.974. The average Bonchev–Trinajstić information content (AvgIpc) is 2.63. The quantitative estimate of drug-likeness (QED) is 0.729. The normalized spacial score (nSPS) is 10.8. The molecule has 0 spiro atoms. The molecule has 0 radical (unpaired) electrons. The molecule has 3 rings (SSSR count). The predicted octanol–water partition coefficient (Wildman–Crippen LogP) is 2.97. The lowest BCUT2D eigenvalue weighted by Gasteiger charge is -2.20. The minimum absolute atomic E-state index is 0.0610. The summed E-state index contributed by atoms with van der Waals surface area (Å²) in [5, 5.41) is 0.536. The van der Waals surface area contributed by atoms with Gasteiger partial charge in [0.2, 0.25) is 0 Å². The van der Waals surface area contributed by atoms with Gasteiger partial charge in [-0.25, -0.2) is 4.98 Å². The van der Waals surface area contributed by atoms with Gasteiger partial charge in [0.25, 0.3) is 11.5 Å². The van der Waals surface area contributed by atoms with Crippen molar-refractivity contribution in [1.29, 1.82) is 0 Å². The van der Waals surface area contributed by atoms with E-state index in [1.807, 2.05) is 39.0 Å². The first kappa shape index (κ1) is 18.6. The number of carbonyl (C=O) groups excluding carboxylic acids is 1. The van der Waals surface area contributed by atoms with Gasteiger partial charge in [-0.15, -0.1) is 0 Å². The van der Waals surface area contributed by atoms with Gasteiger partial charge >= 0.3 is 0 Å². The van der Waals surface area contributed by atoms with Gasteiger partial charge in [-0.1, -0.05) is 18.2 Å². The smallest absolute Gasteiger partial charge is 0.260 e. The number of aryl methyl sites for hydroxylation is 2. The molecule has 0 fully saturated rings. The molecular weight excluding hydrogens is 342 g/mol. The van der Waals surface area contributed by atoms with Gasteiger partial charge in [-0.3, -0.25) is 9.59 Å². The molecule has 6 nitrogen and oxygen atoms in total. The fraction of sp³-hybridized carbons (Fsp3) is 0.286. The first-order valence-corrected chi connectivity index (χ1v) is 8.93. The number of aromatic nitrogens is 2. The number of rotatable bonds is 6. The number of aromatic amines is 1. The van der Waals surface area contributed by atoms with Crippen LogP contribution in [0.15, 0.2) is 47.3 Å². The second kappa shape index (κ2) is 8.03. The lowest BCUT2D eigenvalue weighted by Crippen LogP contribution is -2.35. The summed E-state index contributed by atoms with van der Waals surface area (Å²) < 4.78 is 5.66. The Labute approximate surface area is 157 Å². The number of hydrogen-bond donors (Lipinski definition) is 1. The number of benzene rings is 2. The molecule has 1 aromatic heterocycles. The Morgan fingerprint density at radius 2 is 1.85 bits per heavy atom. The fourth-order valence-electron chi connectivity index (χ4n) is 3.02. The molecule has 0 aliphatic rings. The van der Waals surface area contributed by atoms with Crippen LogP contribution in [-0.2, 0) is 11.3 Å². The fourth-order valence-corrected chi connectivity index (χ4v) is 3.02. The number of para-hydroxylation sites is 1. The maximum atomic E-state index is 12.6. The van der Waals surface area contributed by atoms with Crippen molar-refractivity contribution >= 4 is 16.8 Å². The van der Waals surface area contributed by atoms with Crippen LogP contribution in [0.2, 0.25) is 0 Å². The van der Waals surface area contributed by atoms with Gasteiger partial charge in [0.05, 0.1) is 17.4 Å². The second-order valence-corrected chi connectivity index (χ2v) is 6.55. The van der Waals surface area contributed by atoms with Crippen LogP contribution in [0.25, 0.3) is 10.9 Å². The van der Waals surface area contributed by atoms with Crippen LogP contribution >= 0.6 is 0 Å². The number of H-pyrrole nitrogens is 1. The number of ether oxygens (including phenoxy) is 1. The molecule has 0 aliphatic heterocycles. The van der Waals surface area contributed by atoms with Gasteiger partial charge < -0.3 is 14.6 Å². The Morgan fingerprint density at radius 1 is 1.15 bits per heavy atom. The Balaban J connectivity index is 1.71. The van der Waals surface area contributed by atoms with Crippen molar-refractivity contribution in [3.8, 4) is 5.75 Å². The summed E-state index contributed by atoms with van der Waals surface area (Å²) in [5.41, 5.74) is 2.59. The third-order valence-electron chi connectivity index (χ3n) is 4.29. The number of hydrogen-bond acceptors (Lipinski definition) is 4. The highest BCUT2D eigenvalue weighted by atomic mass is 16.5. The van der Waals surface area contributed by atoms with E-state index >= 15 is 0 Å². The van der Waals surface area contributed by atoms with Crippen molar-refractivity contribution in [1.82, 2.24) is 14.9 Å². The SMILES string of the molecule is CCN(Cc1nc2ccccc2c(=O)[nH]1)C(=O)COc1cc(C)cc(C)c1. The van der Waals surface area contributed by atoms with E-state index in [9.17, 15) is 9.59 Å². The lowest BCUT2D eigenvalue weighted by atomic mass is 10.1. The summed E-state index contributed by atoms with van der Waals surface area (Å²) in [6.45, 7) is 6.52. The van der Waals surface area contributed by atoms with E-state index in [2.05, 4.69) is 16.0 Å². The summed E-state index contributed by atoms with van der Waals surface area (Å²) in [6, 6.07) is 13.0. The zero-order valence-corrected chi connectivity index (χ0v) is 15.8. The third kappa shape index (κ3) is 4.53. The van der Waals surface area contributed by atoms with Crippen LogP contribution in [-0.4, -0.2) is 33.9 Å². The van der Waals surface area contributed by atoms with E-state index in [4.69, 9.17) is 4.74 Å². The van der Waals surface area contributed by atoms with E-state index in [-0.39, 0.29) is 24.6 Å².